The molecule has 1 aromatic rings. The normalized spacial score (nSPS) is 16.4. The molecule has 15 heavy (non-hydrogen) atoms. The van der Waals surface area contributed by atoms with E-state index >= 15 is 0 Å². The highest BCUT2D eigenvalue weighted by Crippen LogP contribution is 2.23. The molecule has 0 spiro atoms. The Balaban J connectivity index is 1.83. The maximum absolute atomic E-state index is 6.01. The first-order chi connectivity index (χ1) is 7.25. The molecule has 0 aromatic carbocycles. The minimum atomic E-state index is 0.514. The molecule has 0 aliphatic carbocycles. The SMILES string of the molecule is Clc1ccc(Cl)c(CSCC2CNC2)n1. The lowest BCUT2D eigenvalue weighted by Crippen LogP contribution is -2.43. The number of nitrogens with one attached hydrogen (secondary N) is 1. The second kappa shape index (κ2) is 5.39. The summed E-state index contributed by atoms with van der Waals surface area (Å²) in [6.45, 7) is 2.29. The van der Waals surface area contributed by atoms with E-state index in [1.54, 1.807) is 12.1 Å². The fourth-order valence-corrected chi connectivity index (χ4v) is 2.86. The summed E-state index contributed by atoms with van der Waals surface area (Å²) in [5.41, 5.74) is 0.890. The molecule has 82 valence electrons. The summed E-state index contributed by atoms with van der Waals surface area (Å²) in [5.74, 6) is 2.82. The van der Waals surface area contributed by atoms with Gasteiger partial charge in [-0.2, -0.15) is 11.8 Å². The summed E-state index contributed by atoms with van der Waals surface area (Å²) < 4.78 is 0. The molecule has 1 aliphatic rings. The lowest BCUT2D eigenvalue weighted by Gasteiger charge is -2.26. The molecule has 1 fully saturated rings. The summed E-state index contributed by atoms with van der Waals surface area (Å²) in [4.78, 5) is 4.21. The van der Waals surface area contributed by atoms with E-state index < -0.39 is 0 Å². The fourth-order valence-electron chi connectivity index (χ4n) is 1.35. The Labute approximate surface area is 104 Å². The number of hydrogen-bond acceptors (Lipinski definition) is 3. The van der Waals surface area contributed by atoms with Crippen LogP contribution in [0, 0.1) is 5.92 Å². The topological polar surface area (TPSA) is 24.9 Å². The molecule has 1 N–H and O–H groups in total. The van der Waals surface area contributed by atoms with Crippen molar-refractivity contribution in [2.45, 2.75) is 5.75 Å². The van der Waals surface area contributed by atoms with E-state index in [0.29, 0.717) is 10.2 Å². The quantitative estimate of drug-likeness (QED) is 0.845. The highest BCUT2D eigenvalue weighted by Gasteiger charge is 2.16. The van der Waals surface area contributed by atoms with Gasteiger partial charge in [0.05, 0.1) is 10.7 Å². The number of hydrogen-bond donors (Lipinski definition) is 1. The van der Waals surface area contributed by atoms with Crippen LogP contribution in [0.1, 0.15) is 5.69 Å². The fraction of sp³-hybridized carbons (Fsp3) is 0.500. The molecule has 0 bridgehead atoms. The number of pyridine rings is 1. The molecule has 2 rings (SSSR count). The van der Waals surface area contributed by atoms with Crippen LogP contribution in [0.5, 0.6) is 0 Å². The van der Waals surface area contributed by atoms with Gasteiger partial charge in [-0.1, -0.05) is 23.2 Å². The van der Waals surface area contributed by atoms with Crippen LogP contribution in [-0.2, 0) is 5.75 Å². The minimum absolute atomic E-state index is 0.514. The van der Waals surface area contributed by atoms with Crippen molar-refractivity contribution >= 4 is 35.0 Å². The second-order valence-corrected chi connectivity index (χ2v) is 5.43. The van der Waals surface area contributed by atoms with Crippen LogP contribution in [-0.4, -0.2) is 23.8 Å². The van der Waals surface area contributed by atoms with Crippen molar-refractivity contribution < 1.29 is 0 Å². The van der Waals surface area contributed by atoms with Crippen LogP contribution in [0.25, 0.3) is 0 Å². The van der Waals surface area contributed by atoms with Crippen LogP contribution < -0.4 is 5.32 Å². The predicted octanol–water partition coefficient (Wildman–Crippen LogP) is 2.84. The molecule has 5 heteroatoms. The number of nitrogens with zero attached hydrogens (tertiary/aromatic N) is 1. The molecule has 2 nitrogen and oxygen atoms in total. The van der Waals surface area contributed by atoms with E-state index in [1.807, 2.05) is 11.8 Å². The van der Waals surface area contributed by atoms with E-state index in [2.05, 4.69) is 10.3 Å². The molecule has 0 atom stereocenters. The highest BCUT2D eigenvalue weighted by molar-refractivity contribution is 7.98. The summed E-state index contributed by atoms with van der Waals surface area (Å²) in [5, 5.41) is 4.48. The van der Waals surface area contributed by atoms with Crippen LogP contribution in [0.2, 0.25) is 10.2 Å². The molecule has 0 unspecified atom stereocenters. The van der Waals surface area contributed by atoms with Crippen LogP contribution in [0.4, 0.5) is 0 Å². The van der Waals surface area contributed by atoms with Crippen molar-refractivity contribution in [2.24, 2.45) is 5.92 Å². The Hall–Kier alpha value is 0.0400. The molecule has 0 radical (unpaired) electrons. The van der Waals surface area contributed by atoms with E-state index in [-0.39, 0.29) is 0 Å². The van der Waals surface area contributed by atoms with E-state index in [9.17, 15) is 0 Å². The molecule has 1 saturated heterocycles. The predicted molar refractivity (Wildman–Crippen MR) is 66.8 cm³/mol. The lowest BCUT2D eigenvalue weighted by atomic mass is 10.1. The van der Waals surface area contributed by atoms with Gasteiger partial charge in [-0.05, 0) is 36.9 Å². The molecular weight excluding hydrogens is 251 g/mol. The molecular formula is C10H12Cl2N2S. The van der Waals surface area contributed by atoms with Gasteiger partial charge in [0.1, 0.15) is 5.15 Å². The molecule has 0 saturated carbocycles. The monoisotopic (exact) mass is 262 g/mol. The number of halogens is 2. The molecule has 0 amide bonds. The van der Waals surface area contributed by atoms with Gasteiger partial charge in [-0.15, -0.1) is 0 Å². The second-order valence-electron chi connectivity index (χ2n) is 3.60. The molecule has 1 aliphatic heterocycles. The zero-order chi connectivity index (χ0) is 10.7. The third-order valence-electron chi connectivity index (χ3n) is 2.34. The number of thioether (sulfide) groups is 1. The maximum Gasteiger partial charge on any atom is 0.129 e. The van der Waals surface area contributed by atoms with Crippen molar-refractivity contribution in [3.05, 3.63) is 28.0 Å². The lowest BCUT2D eigenvalue weighted by molar-refractivity contribution is 0.385. The van der Waals surface area contributed by atoms with E-state index in [4.69, 9.17) is 23.2 Å². The Morgan fingerprint density at radius 3 is 2.87 bits per heavy atom. The van der Waals surface area contributed by atoms with Crippen molar-refractivity contribution in [3.63, 3.8) is 0 Å². The first-order valence-corrected chi connectivity index (χ1v) is 6.76. The van der Waals surface area contributed by atoms with Gasteiger partial charge in [0.2, 0.25) is 0 Å². The van der Waals surface area contributed by atoms with Gasteiger partial charge in [0.25, 0.3) is 0 Å². The van der Waals surface area contributed by atoms with Gasteiger partial charge in [0, 0.05) is 5.75 Å². The van der Waals surface area contributed by atoms with Crippen LogP contribution in [0.15, 0.2) is 12.1 Å². The first-order valence-electron chi connectivity index (χ1n) is 4.85. The smallest absolute Gasteiger partial charge is 0.129 e. The number of rotatable bonds is 4. The number of aromatic nitrogens is 1. The zero-order valence-electron chi connectivity index (χ0n) is 8.17. The van der Waals surface area contributed by atoms with Crippen molar-refractivity contribution in [1.82, 2.24) is 10.3 Å². The summed E-state index contributed by atoms with van der Waals surface area (Å²) in [6.07, 6.45) is 0. The average molecular weight is 263 g/mol. The van der Waals surface area contributed by atoms with Gasteiger partial charge in [0.15, 0.2) is 0 Å². The molecule has 2 heterocycles. The zero-order valence-corrected chi connectivity index (χ0v) is 10.5. The highest BCUT2D eigenvalue weighted by atomic mass is 35.5. The minimum Gasteiger partial charge on any atom is -0.316 e. The van der Waals surface area contributed by atoms with Crippen molar-refractivity contribution in [1.29, 1.82) is 0 Å². The van der Waals surface area contributed by atoms with Crippen molar-refractivity contribution in [2.75, 3.05) is 18.8 Å². The Morgan fingerprint density at radius 1 is 1.40 bits per heavy atom. The Bertz CT molecular complexity index is 342. The van der Waals surface area contributed by atoms with Crippen LogP contribution >= 0.6 is 35.0 Å². The third-order valence-corrected chi connectivity index (χ3v) is 4.08. The van der Waals surface area contributed by atoms with E-state index in [0.717, 1.165) is 36.2 Å². The van der Waals surface area contributed by atoms with Crippen LogP contribution in [0.3, 0.4) is 0 Å². The summed E-state index contributed by atoms with van der Waals surface area (Å²) in [7, 11) is 0. The summed E-state index contributed by atoms with van der Waals surface area (Å²) >= 11 is 13.7. The van der Waals surface area contributed by atoms with Crippen molar-refractivity contribution in [3.8, 4) is 0 Å². The largest absolute Gasteiger partial charge is 0.316 e. The Morgan fingerprint density at radius 2 is 2.20 bits per heavy atom. The third kappa shape index (κ3) is 3.25. The summed E-state index contributed by atoms with van der Waals surface area (Å²) in [6, 6.07) is 3.52. The first kappa shape index (κ1) is 11.5. The van der Waals surface area contributed by atoms with E-state index in [1.165, 1.54) is 0 Å². The molecule has 1 aromatic heterocycles. The van der Waals surface area contributed by atoms with Gasteiger partial charge < -0.3 is 5.32 Å². The Kier molecular flexibility index (Phi) is 4.14. The van der Waals surface area contributed by atoms with Gasteiger partial charge >= 0.3 is 0 Å². The van der Waals surface area contributed by atoms with Gasteiger partial charge in [-0.3, -0.25) is 0 Å². The van der Waals surface area contributed by atoms with Gasteiger partial charge in [-0.25, -0.2) is 4.98 Å². The maximum atomic E-state index is 6.01. The average Bonchev–Trinajstić information content (AvgIpc) is 2.15. The standard InChI is InChI=1S/C10H12Cl2N2S/c11-8-1-2-10(12)14-9(8)6-15-5-7-3-13-4-7/h1-2,7,13H,3-6H2.